The van der Waals surface area contributed by atoms with Crippen LogP contribution in [0.5, 0.6) is 0 Å². The van der Waals surface area contributed by atoms with Gasteiger partial charge in [-0.05, 0) is 61.6 Å². The van der Waals surface area contributed by atoms with Gasteiger partial charge in [0, 0.05) is 29.7 Å². The lowest BCUT2D eigenvalue weighted by atomic mass is 9.84. The van der Waals surface area contributed by atoms with Gasteiger partial charge in [0.25, 0.3) is 5.91 Å². The Kier molecular flexibility index (Phi) is 2.97. The number of amides is 1. The lowest BCUT2D eigenvalue weighted by Crippen LogP contribution is -2.57. The van der Waals surface area contributed by atoms with Crippen LogP contribution in [0.4, 0.5) is 0 Å². The van der Waals surface area contributed by atoms with E-state index in [0.29, 0.717) is 12.0 Å². The molecule has 5 rings (SSSR count). The van der Waals surface area contributed by atoms with Crippen molar-refractivity contribution in [2.75, 3.05) is 19.6 Å². The summed E-state index contributed by atoms with van der Waals surface area (Å²) in [7, 11) is 0. The number of rotatable bonds is 2. The molecule has 2 aromatic rings. The van der Waals surface area contributed by atoms with Crippen LogP contribution in [0.2, 0.25) is 0 Å². The van der Waals surface area contributed by atoms with Crippen LogP contribution in [0, 0.1) is 5.92 Å². The second kappa shape index (κ2) is 4.82. The molecule has 5 heteroatoms. The molecule has 3 aliphatic rings. The Hall–Kier alpha value is -1.46. The molecule has 2 bridgehead atoms. The van der Waals surface area contributed by atoms with Crippen molar-refractivity contribution in [2.45, 2.75) is 18.9 Å². The summed E-state index contributed by atoms with van der Waals surface area (Å²) in [6, 6.07) is 6.15. The molecule has 0 aliphatic carbocycles. The van der Waals surface area contributed by atoms with E-state index in [1.807, 2.05) is 24.4 Å². The molecule has 3 saturated heterocycles. The van der Waals surface area contributed by atoms with Crippen LogP contribution in [0.1, 0.15) is 23.2 Å². The lowest BCUT2D eigenvalue weighted by molar-refractivity contribution is 0.0620. The number of aromatic nitrogens is 1. The highest BCUT2D eigenvalue weighted by atomic mass is 32.1. The second-order valence-electron chi connectivity index (χ2n) is 5.80. The molecule has 0 saturated carbocycles. The third kappa shape index (κ3) is 2.11. The van der Waals surface area contributed by atoms with Crippen LogP contribution in [0.25, 0.3) is 10.1 Å². The van der Waals surface area contributed by atoms with Gasteiger partial charge in [0.2, 0.25) is 0 Å². The van der Waals surface area contributed by atoms with Crippen LogP contribution >= 0.6 is 11.5 Å². The predicted octanol–water partition coefficient (Wildman–Crippen LogP) is 2.12. The molecule has 1 atom stereocenters. The molecule has 0 unspecified atom stereocenters. The average molecular weight is 287 g/mol. The Balaban J connectivity index is 1.52. The van der Waals surface area contributed by atoms with Gasteiger partial charge < -0.3 is 10.2 Å². The molecule has 1 aromatic carbocycles. The molecule has 4 heterocycles. The number of piperidine rings is 3. The van der Waals surface area contributed by atoms with E-state index >= 15 is 0 Å². The highest BCUT2D eigenvalue weighted by molar-refractivity contribution is 7.13. The Morgan fingerprint density at radius 2 is 2.20 bits per heavy atom. The first-order valence-corrected chi connectivity index (χ1v) is 7.94. The van der Waals surface area contributed by atoms with E-state index in [1.165, 1.54) is 37.5 Å². The standard InChI is InChI=1S/C15H17N3OS/c19-15(11-1-2-14-12(7-11)8-16-20-14)17-13-9-18-5-3-10(13)4-6-18/h1-2,7-8,10,13H,3-6,9H2,(H,17,19)/t13-/m1/s1. The third-order valence-electron chi connectivity index (χ3n) is 4.59. The Bertz CT molecular complexity index is 645. The smallest absolute Gasteiger partial charge is 0.251 e. The van der Waals surface area contributed by atoms with Crippen molar-refractivity contribution in [3.8, 4) is 0 Å². The fourth-order valence-electron chi connectivity index (χ4n) is 3.39. The van der Waals surface area contributed by atoms with E-state index in [4.69, 9.17) is 0 Å². The molecule has 0 spiro atoms. The number of fused-ring (bicyclic) bond motifs is 4. The maximum atomic E-state index is 12.4. The largest absolute Gasteiger partial charge is 0.348 e. The third-order valence-corrected chi connectivity index (χ3v) is 5.37. The molecule has 3 aliphatic heterocycles. The first-order valence-electron chi connectivity index (χ1n) is 7.17. The molecule has 1 amide bonds. The number of hydrogen-bond acceptors (Lipinski definition) is 4. The highest BCUT2D eigenvalue weighted by Gasteiger charge is 2.34. The second-order valence-corrected chi connectivity index (χ2v) is 6.63. The fourth-order valence-corrected chi connectivity index (χ4v) is 4.02. The number of nitrogens with zero attached hydrogens (tertiary/aromatic N) is 2. The van der Waals surface area contributed by atoms with Gasteiger partial charge >= 0.3 is 0 Å². The quantitative estimate of drug-likeness (QED) is 0.920. The molecule has 104 valence electrons. The van der Waals surface area contributed by atoms with Crippen LogP contribution in [0.3, 0.4) is 0 Å². The maximum Gasteiger partial charge on any atom is 0.251 e. The van der Waals surface area contributed by atoms with Crippen molar-refractivity contribution < 1.29 is 4.79 Å². The monoisotopic (exact) mass is 287 g/mol. The summed E-state index contributed by atoms with van der Waals surface area (Å²) in [4.78, 5) is 14.9. The summed E-state index contributed by atoms with van der Waals surface area (Å²) in [6.45, 7) is 3.41. The van der Waals surface area contributed by atoms with Crippen molar-refractivity contribution in [2.24, 2.45) is 5.92 Å². The minimum absolute atomic E-state index is 0.0526. The Morgan fingerprint density at radius 3 is 2.95 bits per heavy atom. The highest BCUT2D eigenvalue weighted by Crippen LogP contribution is 2.28. The van der Waals surface area contributed by atoms with Crippen LogP contribution in [-0.4, -0.2) is 40.9 Å². The maximum absolute atomic E-state index is 12.4. The first-order chi connectivity index (χ1) is 9.79. The number of carbonyl (C=O) groups is 1. The molecular formula is C15H17N3OS. The van der Waals surface area contributed by atoms with E-state index in [1.54, 1.807) is 0 Å². The lowest BCUT2D eigenvalue weighted by Gasteiger charge is -2.44. The molecule has 1 N–H and O–H groups in total. The van der Waals surface area contributed by atoms with Crippen LogP contribution in [0.15, 0.2) is 24.4 Å². The number of carbonyl (C=O) groups excluding carboxylic acids is 1. The van der Waals surface area contributed by atoms with E-state index in [2.05, 4.69) is 14.6 Å². The normalized spacial score (nSPS) is 28.7. The van der Waals surface area contributed by atoms with E-state index < -0.39 is 0 Å². The van der Waals surface area contributed by atoms with Gasteiger partial charge in [-0.3, -0.25) is 4.79 Å². The Morgan fingerprint density at radius 1 is 1.35 bits per heavy atom. The topological polar surface area (TPSA) is 45.2 Å². The minimum Gasteiger partial charge on any atom is -0.348 e. The summed E-state index contributed by atoms with van der Waals surface area (Å²) in [5, 5.41) is 4.28. The van der Waals surface area contributed by atoms with Gasteiger partial charge in [-0.2, -0.15) is 4.37 Å². The van der Waals surface area contributed by atoms with Crippen LogP contribution in [-0.2, 0) is 0 Å². The SMILES string of the molecule is O=C(N[C@@H]1CN2CCC1CC2)c1ccc2sncc2c1. The van der Waals surface area contributed by atoms with Crippen molar-refractivity contribution in [3.63, 3.8) is 0 Å². The predicted molar refractivity (Wildman–Crippen MR) is 80.0 cm³/mol. The first kappa shape index (κ1) is 12.3. The zero-order valence-corrected chi connectivity index (χ0v) is 12.0. The molecule has 0 radical (unpaired) electrons. The molecule has 1 aromatic heterocycles. The average Bonchev–Trinajstić information content (AvgIpc) is 2.96. The van der Waals surface area contributed by atoms with Crippen molar-refractivity contribution in [1.82, 2.24) is 14.6 Å². The number of nitrogens with one attached hydrogen (secondary N) is 1. The summed E-state index contributed by atoms with van der Waals surface area (Å²) >= 11 is 1.46. The van der Waals surface area contributed by atoms with Crippen molar-refractivity contribution >= 4 is 27.5 Å². The van der Waals surface area contributed by atoms with Crippen LogP contribution < -0.4 is 5.32 Å². The van der Waals surface area contributed by atoms with Gasteiger partial charge in [-0.25, -0.2) is 0 Å². The fraction of sp³-hybridized carbons (Fsp3) is 0.467. The number of hydrogen-bond donors (Lipinski definition) is 1. The minimum atomic E-state index is 0.0526. The van der Waals surface area contributed by atoms with Gasteiger partial charge in [0.1, 0.15) is 0 Å². The molecule has 20 heavy (non-hydrogen) atoms. The zero-order valence-electron chi connectivity index (χ0n) is 11.2. The molecular weight excluding hydrogens is 270 g/mol. The van der Waals surface area contributed by atoms with Gasteiger partial charge in [0.05, 0.1) is 4.70 Å². The molecule has 3 fully saturated rings. The van der Waals surface area contributed by atoms with E-state index in [0.717, 1.165) is 22.2 Å². The summed E-state index contributed by atoms with van der Waals surface area (Å²) in [5.41, 5.74) is 0.745. The van der Waals surface area contributed by atoms with Gasteiger partial charge in [-0.15, -0.1) is 0 Å². The zero-order chi connectivity index (χ0) is 13.5. The van der Waals surface area contributed by atoms with Gasteiger partial charge in [-0.1, -0.05) is 0 Å². The van der Waals surface area contributed by atoms with E-state index in [9.17, 15) is 4.79 Å². The van der Waals surface area contributed by atoms with Crippen molar-refractivity contribution in [3.05, 3.63) is 30.0 Å². The summed E-state index contributed by atoms with van der Waals surface area (Å²) in [5.74, 6) is 0.715. The van der Waals surface area contributed by atoms with Gasteiger partial charge in [0.15, 0.2) is 0 Å². The summed E-state index contributed by atoms with van der Waals surface area (Å²) in [6.07, 6.45) is 4.27. The Labute approximate surface area is 121 Å². The van der Waals surface area contributed by atoms with Crippen molar-refractivity contribution in [1.29, 1.82) is 0 Å². The molecule has 4 nitrogen and oxygen atoms in total. The number of benzene rings is 1. The van der Waals surface area contributed by atoms with E-state index in [-0.39, 0.29) is 5.91 Å². The summed E-state index contributed by atoms with van der Waals surface area (Å²) < 4.78 is 5.28.